The number of unbranched alkanes of at least 4 members (excludes halogenated alkanes) is 4. The van der Waals surface area contributed by atoms with Crippen LogP contribution in [0.25, 0.3) is 0 Å². The molecule has 4 atom stereocenters. The summed E-state index contributed by atoms with van der Waals surface area (Å²) in [5.41, 5.74) is 0. The summed E-state index contributed by atoms with van der Waals surface area (Å²) >= 11 is 0. The van der Waals surface area contributed by atoms with Crippen molar-refractivity contribution in [2.45, 2.75) is 340 Å². The van der Waals surface area contributed by atoms with Crippen molar-refractivity contribution in [3.05, 3.63) is 26.3 Å². The highest BCUT2D eigenvalue weighted by molar-refractivity contribution is 6.94. The number of methoxy groups -OCH3 is 2. The summed E-state index contributed by atoms with van der Waals surface area (Å²) < 4.78 is 88.6. The zero-order chi connectivity index (χ0) is 59.5. The summed E-state index contributed by atoms with van der Waals surface area (Å²) in [5.74, 6) is -0.709. The molecule has 16 nitrogen and oxygen atoms in total. The molecule has 0 rings (SSSR count). The first-order valence-corrected chi connectivity index (χ1v) is 61.4. The first kappa shape index (κ1) is 146. The first-order valence-electron chi connectivity index (χ1n) is 26.4. The van der Waals surface area contributed by atoms with Crippen LogP contribution in [0, 0.1) is 0 Å². The lowest BCUT2D eigenvalue weighted by Crippen LogP contribution is -2.63. The van der Waals surface area contributed by atoms with Crippen LogP contribution in [0.4, 0.5) is 0 Å². The Morgan fingerprint density at radius 2 is 0.456 bits per heavy atom. The third-order valence-electron chi connectivity index (χ3n) is 8.82. The molecule has 0 amide bonds. The van der Waals surface area contributed by atoms with Crippen LogP contribution in [0.2, 0.25) is 169 Å². The Morgan fingerprint density at radius 1 is 0.278 bits per heavy atom. The van der Waals surface area contributed by atoms with Gasteiger partial charge in [-0.2, -0.15) is 0 Å². The summed E-state index contributed by atoms with van der Waals surface area (Å²) in [5, 5.41) is 0. The van der Waals surface area contributed by atoms with Crippen molar-refractivity contribution in [3.8, 4) is 0 Å². The van der Waals surface area contributed by atoms with Crippen LogP contribution in [0.1, 0.15) is 171 Å². The van der Waals surface area contributed by atoms with E-state index in [1.165, 1.54) is 14.2 Å². The van der Waals surface area contributed by atoms with Crippen molar-refractivity contribution in [3.63, 3.8) is 0 Å². The summed E-state index contributed by atoms with van der Waals surface area (Å²) in [6, 6.07) is 0.126. The maximum absolute atomic E-state index is 12.5. The quantitative estimate of drug-likeness (QED) is 0.0252. The van der Waals surface area contributed by atoms with Gasteiger partial charge in [0.15, 0.2) is 33.3 Å². The van der Waals surface area contributed by atoms with E-state index in [-0.39, 0.29) is 143 Å². The maximum atomic E-state index is 12.5. The molecule has 572 valence electrons. The maximum Gasteiger partial charge on any atom is 0.344 e. The molecule has 0 aromatic rings. The molecule has 0 radical (unpaired) electrons. The number of esters is 2. The van der Waals surface area contributed by atoms with Gasteiger partial charge in [0.25, 0.3) is 0 Å². The van der Waals surface area contributed by atoms with Crippen molar-refractivity contribution >= 4 is 114 Å². The van der Waals surface area contributed by atoms with E-state index in [1.807, 2.05) is 52.4 Å². The average molecular weight is 1520 g/mol. The number of hydrogen-bond acceptors (Lipinski definition) is 16. The molecule has 0 heterocycles. The van der Waals surface area contributed by atoms with Gasteiger partial charge in [-0.15, -0.1) is 26.3 Å². The minimum absolute atomic E-state index is 0. The Labute approximate surface area is 586 Å². The van der Waals surface area contributed by atoms with Gasteiger partial charge in [0.2, 0.25) is 0 Å². The van der Waals surface area contributed by atoms with E-state index in [1.54, 1.807) is 0 Å². The molecule has 0 N–H and O–H groups in total. The summed E-state index contributed by atoms with van der Waals surface area (Å²) in [7, 11) is -27.1. The van der Waals surface area contributed by atoms with Crippen molar-refractivity contribution < 1.29 is 69.7 Å². The van der Waals surface area contributed by atoms with E-state index in [2.05, 4.69) is 145 Å². The van der Waals surface area contributed by atoms with E-state index in [4.69, 9.17) is 60.1 Å². The number of hydrogen-bond donors (Lipinski definition) is 0. The standard InChI is InChI=1S/2C21H54O8Si6.2C2H4.16CH4/c2*1-15-16-17-18-24-20-35(14,28-33(11,12)26-31(6,7)8)29-34(13,19-21(22)23-2)27-32(9,10)25-30(3,4)5;2*1-2;;;;;;;;;;;;;;;;/h2*15-20H2,1-14H3;2*1-2H2;16*1H4. The number of carbonyl (C=O) groups is 2. The van der Waals surface area contributed by atoms with Gasteiger partial charge in [-0.25, -0.2) is 0 Å². The molecule has 0 aliphatic carbocycles. The topological polar surface area (TPSA) is 163 Å². The monoisotopic (exact) mass is 1520 g/mol. The molecule has 0 aromatic heterocycles. The average Bonchev–Trinajstić information content (AvgIpc) is 3.13. The molecule has 0 bridgehead atoms. The van der Waals surface area contributed by atoms with Crippen molar-refractivity contribution in [1.82, 2.24) is 0 Å². The Hall–Kier alpha value is 0.543. The van der Waals surface area contributed by atoms with Gasteiger partial charge in [-0.1, -0.05) is 158 Å². The lowest BCUT2D eigenvalue weighted by atomic mass is 10.3. The van der Waals surface area contributed by atoms with Crippen LogP contribution in [-0.4, -0.2) is 154 Å². The number of ether oxygens (including phenoxy) is 4. The highest BCUT2D eigenvalue weighted by atomic mass is 28.5. The molecule has 0 spiro atoms. The number of rotatable bonds is 36. The van der Waals surface area contributed by atoms with Crippen molar-refractivity contribution in [1.29, 1.82) is 0 Å². The zero-order valence-electron chi connectivity index (χ0n) is 52.8. The van der Waals surface area contributed by atoms with Crippen molar-refractivity contribution in [2.75, 3.05) is 39.9 Å². The van der Waals surface area contributed by atoms with Gasteiger partial charge < -0.3 is 60.1 Å². The molecule has 4 unspecified atom stereocenters. The number of carbonyl (C=O) groups excluding carboxylic acids is 2. The lowest BCUT2D eigenvalue weighted by molar-refractivity contribution is -0.139. The minimum atomic E-state index is -3.12. The Kier molecular flexibility index (Phi) is 104. The largest absolute Gasteiger partial charge is 0.469 e. The third kappa shape index (κ3) is 82.8. The smallest absolute Gasteiger partial charge is 0.344 e. The fraction of sp³-hybridized carbons (Fsp3) is 0.903. The molecular weight excluding hydrogens is 1340 g/mol. The predicted octanol–water partition coefficient (Wildman–Crippen LogP) is 24.2. The van der Waals surface area contributed by atoms with Gasteiger partial charge in [-0.05, 0) is 170 Å². The predicted molar refractivity (Wildman–Crippen MR) is 445 cm³/mol. The van der Waals surface area contributed by atoms with Gasteiger partial charge in [0.05, 0.1) is 38.8 Å². The fourth-order valence-corrected chi connectivity index (χ4v) is 64.8. The molecule has 0 aliphatic heterocycles. The van der Waals surface area contributed by atoms with Crippen LogP contribution in [-0.2, 0) is 69.7 Å². The summed E-state index contributed by atoms with van der Waals surface area (Å²) in [4.78, 5) is 24.9. The van der Waals surface area contributed by atoms with Crippen LogP contribution in [0.3, 0.4) is 0 Å². The fourth-order valence-electron chi connectivity index (χ4n) is 8.46. The second kappa shape index (κ2) is 64.2. The SMILES string of the molecule is C.C.C.C.C.C.C.C.C.C.C.C.C.C.C.C.C=C.C=C.CCCCCOC[Si](C)(O[Si](C)(C)O[Si](C)(C)C)O[Si](C)(CC(=O)OC)O[Si](C)(C)O[Si](C)(C)C.CCCCCOC[Si](C)(O[Si](C)(C)O[Si](C)(C)C)O[Si](C)(CC(=O)OC)O[Si](C)(C)O[Si](C)(C)C. The third-order valence-corrected chi connectivity index (χ3v) is 51.5. The molecule has 0 aromatic carbocycles. The van der Waals surface area contributed by atoms with Gasteiger partial charge >= 0.3 is 80.4 Å². The second-order valence-corrected chi connectivity index (χ2v) is 71.2. The lowest BCUT2D eigenvalue weighted by Gasteiger charge is -2.44. The zero-order valence-corrected chi connectivity index (χ0v) is 64.8. The van der Waals surface area contributed by atoms with Gasteiger partial charge in [-0.3, -0.25) is 9.59 Å². The highest BCUT2D eigenvalue weighted by Gasteiger charge is 2.54. The molecule has 28 heteroatoms. The molecular formula is C62H180O16Si12. The molecule has 90 heavy (non-hydrogen) atoms. The van der Waals surface area contributed by atoms with E-state index in [0.717, 1.165) is 38.5 Å². The molecule has 0 saturated heterocycles. The van der Waals surface area contributed by atoms with E-state index >= 15 is 0 Å². The minimum Gasteiger partial charge on any atom is -0.469 e. The van der Waals surface area contributed by atoms with Crippen molar-refractivity contribution in [2.24, 2.45) is 0 Å². The highest BCUT2D eigenvalue weighted by Crippen LogP contribution is 2.32. The molecule has 0 fully saturated rings. The Balaban J connectivity index is -0.0000000490. The van der Waals surface area contributed by atoms with Crippen LogP contribution in [0.5, 0.6) is 0 Å². The van der Waals surface area contributed by atoms with Crippen LogP contribution >= 0.6 is 0 Å². The van der Waals surface area contributed by atoms with Crippen LogP contribution in [0.15, 0.2) is 26.3 Å². The van der Waals surface area contributed by atoms with Gasteiger partial charge in [0, 0.05) is 13.2 Å². The first-order chi connectivity index (χ1) is 33.1. The Morgan fingerprint density at radius 3 is 0.611 bits per heavy atom. The van der Waals surface area contributed by atoms with Crippen LogP contribution < -0.4 is 0 Å². The summed E-state index contributed by atoms with van der Waals surface area (Å²) in [6.45, 7) is 67.6. The van der Waals surface area contributed by atoms with E-state index < -0.39 is 102 Å². The summed E-state index contributed by atoms with van der Waals surface area (Å²) in [6.07, 6.45) is 7.18. The van der Waals surface area contributed by atoms with Gasteiger partial charge in [0.1, 0.15) is 0 Å². The molecule has 0 aliphatic rings. The van der Waals surface area contributed by atoms with E-state index in [9.17, 15) is 9.59 Å². The Bertz CT molecular complexity index is 1460. The van der Waals surface area contributed by atoms with E-state index in [0.29, 0.717) is 25.7 Å². The molecule has 0 saturated carbocycles. The normalized spacial score (nSPS) is 13.4. The second-order valence-electron chi connectivity index (χ2n) is 24.6.